The second-order valence-electron chi connectivity index (χ2n) is 5.21. The highest BCUT2D eigenvalue weighted by Crippen LogP contribution is 2.17. The summed E-state index contributed by atoms with van der Waals surface area (Å²) in [5.74, 6) is -0.387. The average Bonchev–Trinajstić information content (AvgIpc) is 2.49. The van der Waals surface area contributed by atoms with E-state index >= 15 is 0 Å². The van der Waals surface area contributed by atoms with E-state index in [1.165, 1.54) is 7.05 Å². The molecule has 0 heterocycles. The first kappa shape index (κ1) is 20.1. The van der Waals surface area contributed by atoms with Crippen molar-refractivity contribution in [2.75, 3.05) is 27.2 Å². The minimum absolute atomic E-state index is 0.155. The lowest BCUT2D eigenvalue weighted by atomic mass is 10.1. The van der Waals surface area contributed by atoms with Crippen molar-refractivity contribution in [1.82, 2.24) is 15.5 Å². The van der Waals surface area contributed by atoms with Gasteiger partial charge in [0.15, 0.2) is 5.96 Å². The zero-order valence-electron chi connectivity index (χ0n) is 13.6. The minimum Gasteiger partial charge on any atom is -0.350 e. The Bertz CT molecular complexity index is 592. The zero-order valence-corrected chi connectivity index (χ0v) is 14.4. The highest BCUT2D eigenvalue weighted by Gasteiger charge is 2.31. The average molecular weight is 365 g/mol. The Balaban J connectivity index is 2.55. The van der Waals surface area contributed by atoms with Gasteiger partial charge in [-0.25, -0.2) is 0 Å². The third-order valence-electron chi connectivity index (χ3n) is 3.17. The lowest BCUT2D eigenvalue weighted by Crippen LogP contribution is -2.46. The number of alkyl halides is 3. The number of carbonyl (C=O) groups is 1. The Morgan fingerprint density at radius 2 is 2.08 bits per heavy atom. The number of aliphatic imine (C=N–C) groups is 1. The summed E-state index contributed by atoms with van der Waals surface area (Å²) < 4.78 is 36.8. The molecule has 1 aromatic carbocycles. The van der Waals surface area contributed by atoms with E-state index in [1.807, 2.05) is 19.1 Å². The maximum Gasteiger partial charge on any atom is 0.406 e. The van der Waals surface area contributed by atoms with Crippen LogP contribution in [0.15, 0.2) is 29.3 Å². The maximum absolute atomic E-state index is 12.3. The molecule has 9 heteroatoms. The quantitative estimate of drug-likeness (QED) is 0.623. The van der Waals surface area contributed by atoms with E-state index < -0.39 is 18.6 Å². The second-order valence-corrected chi connectivity index (χ2v) is 5.65. The Hall–Kier alpha value is -1.96. The number of benzene rings is 1. The van der Waals surface area contributed by atoms with Gasteiger partial charge < -0.3 is 15.5 Å². The van der Waals surface area contributed by atoms with Crippen molar-refractivity contribution in [3.63, 3.8) is 0 Å². The van der Waals surface area contributed by atoms with Crippen molar-refractivity contribution >= 4 is 23.5 Å². The molecule has 0 saturated heterocycles. The molecule has 0 spiro atoms. The van der Waals surface area contributed by atoms with Crippen LogP contribution >= 0.6 is 11.6 Å². The molecule has 1 unspecified atom stereocenters. The molecule has 2 N–H and O–H groups in total. The van der Waals surface area contributed by atoms with Crippen LogP contribution in [-0.4, -0.2) is 50.1 Å². The van der Waals surface area contributed by atoms with Gasteiger partial charge in [-0.15, -0.1) is 0 Å². The molecule has 1 atom stereocenters. The van der Waals surface area contributed by atoms with Crippen LogP contribution in [0.2, 0.25) is 5.02 Å². The highest BCUT2D eigenvalue weighted by molar-refractivity contribution is 6.30. The molecule has 0 aliphatic carbocycles. The highest BCUT2D eigenvalue weighted by atomic mass is 35.5. The maximum atomic E-state index is 12.3. The lowest BCUT2D eigenvalue weighted by molar-refractivity contribution is -0.157. The molecule has 0 fully saturated rings. The van der Waals surface area contributed by atoms with Crippen molar-refractivity contribution in [1.29, 1.82) is 0 Å². The molecular formula is C15H20ClF3N4O. The summed E-state index contributed by atoms with van der Waals surface area (Å²) in [6.45, 7) is 0.281. The fourth-order valence-electron chi connectivity index (χ4n) is 1.91. The van der Waals surface area contributed by atoms with Gasteiger partial charge in [0.25, 0.3) is 0 Å². The lowest BCUT2D eigenvalue weighted by Gasteiger charge is -2.21. The van der Waals surface area contributed by atoms with Gasteiger partial charge in [0, 0.05) is 19.1 Å². The number of guanidine groups is 1. The van der Waals surface area contributed by atoms with Crippen molar-refractivity contribution in [3.05, 3.63) is 34.9 Å². The largest absolute Gasteiger partial charge is 0.406 e. The Morgan fingerprint density at radius 3 is 2.62 bits per heavy atom. The first-order valence-corrected chi connectivity index (χ1v) is 7.53. The summed E-state index contributed by atoms with van der Waals surface area (Å²) in [5, 5.41) is 6.33. The number of carbonyl (C=O) groups excluding carboxylic acids is 1. The van der Waals surface area contributed by atoms with E-state index in [2.05, 4.69) is 15.6 Å². The summed E-state index contributed by atoms with van der Waals surface area (Å²) in [6, 6.07) is 7.06. The van der Waals surface area contributed by atoms with Gasteiger partial charge in [0.1, 0.15) is 6.54 Å². The van der Waals surface area contributed by atoms with E-state index in [4.69, 9.17) is 11.6 Å². The standard InChI is InChI=1S/C15H20ClF3N4O/c1-10(11-5-4-6-12(16)7-11)22-14(20-2)21-8-13(24)23(3)9-15(17,18)19/h4-7,10H,8-9H2,1-3H3,(H2,20,21,22). The second kappa shape index (κ2) is 8.77. The van der Waals surface area contributed by atoms with Gasteiger partial charge in [-0.05, 0) is 24.6 Å². The number of likely N-dealkylation sites (N-methyl/N-ethyl adjacent to an activating group) is 1. The van der Waals surface area contributed by atoms with Crippen molar-refractivity contribution in [3.8, 4) is 0 Å². The number of rotatable bonds is 5. The number of nitrogens with one attached hydrogen (secondary N) is 2. The fraction of sp³-hybridized carbons (Fsp3) is 0.467. The number of nitrogens with zero attached hydrogens (tertiary/aromatic N) is 2. The van der Waals surface area contributed by atoms with Crippen molar-refractivity contribution < 1.29 is 18.0 Å². The summed E-state index contributed by atoms with van der Waals surface area (Å²) in [6.07, 6.45) is -4.43. The number of amides is 1. The third-order valence-corrected chi connectivity index (χ3v) is 3.41. The Morgan fingerprint density at radius 1 is 1.42 bits per heavy atom. The molecule has 0 aliphatic heterocycles. The van der Waals surface area contributed by atoms with E-state index in [0.717, 1.165) is 12.6 Å². The normalized spacial score (nSPS) is 13.4. The predicted molar refractivity (Wildman–Crippen MR) is 88.1 cm³/mol. The van der Waals surface area contributed by atoms with Gasteiger partial charge in [0.05, 0.1) is 12.6 Å². The van der Waals surface area contributed by atoms with Gasteiger partial charge >= 0.3 is 6.18 Å². The van der Waals surface area contributed by atoms with Gasteiger partial charge in [0.2, 0.25) is 5.91 Å². The SMILES string of the molecule is CN=C(NCC(=O)N(C)CC(F)(F)F)NC(C)c1cccc(Cl)c1. The summed E-state index contributed by atoms with van der Waals surface area (Å²) in [5.41, 5.74) is 0.908. The Labute approximate surface area is 143 Å². The van der Waals surface area contributed by atoms with Gasteiger partial charge in [-0.2, -0.15) is 13.2 Å². The van der Waals surface area contributed by atoms with E-state index in [1.54, 1.807) is 12.1 Å². The zero-order chi connectivity index (χ0) is 18.3. The van der Waals surface area contributed by atoms with E-state index in [9.17, 15) is 18.0 Å². The number of halogens is 4. The smallest absolute Gasteiger partial charge is 0.350 e. The van der Waals surface area contributed by atoms with Gasteiger partial charge in [-0.3, -0.25) is 9.79 Å². The van der Waals surface area contributed by atoms with Crippen molar-refractivity contribution in [2.45, 2.75) is 19.1 Å². The topological polar surface area (TPSA) is 56.7 Å². The molecule has 5 nitrogen and oxygen atoms in total. The van der Waals surface area contributed by atoms with Crippen LogP contribution in [0.1, 0.15) is 18.5 Å². The number of hydrogen-bond donors (Lipinski definition) is 2. The Kier molecular flexibility index (Phi) is 7.34. The molecule has 0 bridgehead atoms. The molecule has 24 heavy (non-hydrogen) atoms. The molecule has 0 saturated carbocycles. The first-order chi connectivity index (χ1) is 11.1. The summed E-state index contributed by atoms with van der Waals surface area (Å²) >= 11 is 5.93. The summed E-state index contributed by atoms with van der Waals surface area (Å²) in [4.78, 5) is 16.3. The minimum atomic E-state index is -4.43. The molecular weight excluding hydrogens is 345 g/mol. The first-order valence-electron chi connectivity index (χ1n) is 7.15. The third kappa shape index (κ3) is 7.08. The number of hydrogen-bond acceptors (Lipinski definition) is 2. The molecule has 0 aliphatic rings. The molecule has 0 radical (unpaired) electrons. The van der Waals surface area contributed by atoms with Crippen LogP contribution in [0.4, 0.5) is 13.2 Å². The van der Waals surface area contributed by atoms with E-state index in [-0.39, 0.29) is 12.6 Å². The van der Waals surface area contributed by atoms with Crippen molar-refractivity contribution in [2.24, 2.45) is 4.99 Å². The van der Waals surface area contributed by atoms with Crippen LogP contribution < -0.4 is 10.6 Å². The summed E-state index contributed by atoms with van der Waals surface area (Å²) in [7, 11) is 2.60. The van der Waals surface area contributed by atoms with Crippen LogP contribution in [0, 0.1) is 0 Å². The van der Waals surface area contributed by atoms with Crippen LogP contribution in [-0.2, 0) is 4.79 Å². The molecule has 1 amide bonds. The van der Waals surface area contributed by atoms with Crippen LogP contribution in [0.3, 0.4) is 0 Å². The van der Waals surface area contributed by atoms with Crippen LogP contribution in [0.25, 0.3) is 0 Å². The molecule has 1 aromatic rings. The molecule has 1 rings (SSSR count). The van der Waals surface area contributed by atoms with E-state index in [0.29, 0.717) is 15.9 Å². The molecule has 0 aromatic heterocycles. The fourth-order valence-corrected chi connectivity index (χ4v) is 2.11. The monoisotopic (exact) mass is 364 g/mol. The van der Waals surface area contributed by atoms with Crippen LogP contribution in [0.5, 0.6) is 0 Å². The molecule has 134 valence electrons. The van der Waals surface area contributed by atoms with Gasteiger partial charge in [-0.1, -0.05) is 23.7 Å². The predicted octanol–water partition coefficient (Wildman–Crippen LogP) is 2.59.